The quantitative estimate of drug-likeness (QED) is 0.0364. The predicted molar refractivity (Wildman–Crippen MR) is 139 cm³/mol. The van der Waals surface area contributed by atoms with Crippen LogP contribution in [0.1, 0.15) is 6.92 Å². The zero-order chi connectivity index (χ0) is 30.7. The molecule has 222 valence electrons. The zero-order valence-electron chi connectivity index (χ0n) is 23.6. The van der Waals surface area contributed by atoms with Gasteiger partial charge in [0.25, 0.3) is 0 Å². The molecule has 24 heteroatoms. The largest absolute Gasteiger partial charge is 1.00 e. The molecule has 0 radical (unpaired) electrons. The van der Waals surface area contributed by atoms with Gasteiger partial charge in [0.15, 0.2) is 5.75 Å². The number of anilines is 2. The topological polar surface area (TPSA) is 261 Å². The Hall–Kier alpha value is -0.730. The third kappa shape index (κ3) is 10.9. The van der Waals surface area contributed by atoms with Gasteiger partial charge in [-0.1, -0.05) is 12.1 Å². The van der Waals surface area contributed by atoms with Crippen molar-refractivity contribution >= 4 is 77.7 Å². The number of aromatic hydroxyl groups is 1. The average molecular weight is 727 g/mol. The minimum Gasteiger partial charge on any atom is -0.744 e. The molecule has 0 bridgehead atoms. The number of nitrogens with zero attached hydrogens (tertiary/aromatic N) is 5. The van der Waals surface area contributed by atoms with Gasteiger partial charge in [-0.15, -0.1) is 10.2 Å². The molecule has 0 aliphatic rings. The number of nitrogens with one attached hydrogen (secondary N) is 1. The maximum absolute atomic E-state index is 11.9. The van der Waals surface area contributed by atoms with Crippen LogP contribution in [0.25, 0.3) is 10.8 Å². The van der Waals surface area contributed by atoms with Crippen molar-refractivity contribution in [1.29, 1.82) is 0 Å². The summed E-state index contributed by atoms with van der Waals surface area (Å²) in [7, 11) is -10.0. The van der Waals surface area contributed by atoms with Crippen LogP contribution < -0.4 is 104 Å². The van der Waals surface area contributed by atoms with Crippen LogP contribution in [0, 0.1) is 0 Å². The van der Waals surface area contributed by atoms with E-state index in [0.29, 0.717) is 0 Å². The van der Waals surface area contributed by atoms with Crippen molar-refractivity contribution in [2.45, 2.75) is 21.6 Å². The number of benzene rings is 3. The Kier molecular flexibility index (Phi) is 17.1. The molecule has 45 heavy (non-hydrogen) atoms. The van der Waals surface area contributed by atoms with E-state index in [0.717, 1.165) is 30.3 Å². The summed E-state index contributed by atoms with van der Waals surface area (Å²) in [6.45, 7) is 1.81. The van der Waals surface area contributed by atoms with Crippen LogP contribution in [-0.2, 0) is 29.6 Å². The first-order valence-corrected chi connectivity index (χ1v) is 15.0. The summed E-state index contributed by atoms with van der Waals surface area (Å²) < 4.78 is 80.2. The molecule has 0 unspecified atom stereocenters. The molecular formula is C21H14ClN6Na3O11S3. The van der Waals surface area contributed by atoms with Crippen LogP contribution in [0.4, 0.5) is 23.0 Å². The summed E-state index contributed by atoms with van der Waals surface area (Å²) in [5.74, 6) is -1.02. The van der Waals surface area contributed by atoms with Gasteiger partial charge >= 0.3 is 94.7 Å². The summed E-state index contributed by atoms with van der Waals surface area (Å²) in [6.07, 6.45) is 0. The fourth-order valence-electron chi connectivity index (χ4n) is 3.47. The van der Waals surface area contributed by atoms with Crippen molar-refractivity contribution in [3.63, 3.8) is 0 Å². The first-order chi connectivity index (χ1) is 19.8. The Morgan fingerprint density at radius 1 is 1.00 bits per heavy atom. The number of phenolic OH excluding ortho intramolecular Hbond substituents is 1. The molecule has 0 saturated heterocycles. The number of fused-ring (bicyclic) bond motifs is 1. The number of phenols is 1. The van der Waals surface area contributed by atoms with Crippen LogP contribution >= 0.6 is 23.6 Å². The van der Waals surface area contributed by atoms with E-state index in [1.54, 1.807) is 6.92 Å². The number of hydrogen-bond acceptors (Lipinski definition) is 18. The molecule has 0 aliphatic heterocycles. The molecule has 4 aromatic rings. The summed E-state index contributed by atoms with van der Waals surface area (Å²) in [5, 5.41) is 34.8. The molecule has 3 aromatic carbocycles. The molecule has 0 saturated carbocycles. The summed E-state index contributed by atoms with van der Waals surface area (Å²) in [5.41, 5.74) is -1.09. The van der Waals surface area contributed by atoms with E-state index in [1.807, 2.05) is 0 Å². The predicted octanol–water partition coefficient (Wildman–Crippen LogP) is -6.01. The zero-order valence-corrected chi connectivity index (χ0v) is 32.8. The van der Waals surface area contributed by atoms with E-state index in [9.17, 15) is 36.3 Å². The number of rotatable bonds is 11. The molecule has 0 fully saturated rings. The molecule has 2 N–H and O–H groups in total. The Morgan fingerprint density at radius 2 is 1.69 bits per heavy atom. The molecule has 0 spiro atoms. The van der Waals surface area contributed by atoms with Gasteiger partial charge in [0.1, 0.15) is 31.6 Å². The van der Waals surface area contributed by atoms with Crippen molar-refractivity contribution in [3.05, 3.63) is 47.7 Å². The Morgan fingerprint density at radius 3 is 2.31 bits per heavy atom. The minimum atomic E-state index is -5.07. The van der Waals surface area contributed by atoms with Gasteiger partial charge < -0.3 is 29.5 Å². The first kappa shape index (κ1) is 42.3. The molecule has 1 aromatic heterocycles. The number of halogens is 1. The van der Waals surface area contributed by atoms with Crippen LogP contribution in [0.3, 0.4) is 0 Å². The van der Waals surface area contributed by atoms with Gasteiger partial charge in [0, 0.05) is 5.39 Å². The molecule has 4 rings (SSSR count). The van der Waals surface area contributed by atoms with E-state index < -0.39 is 47.2 Å². The standard InChI is InChI=1S/C21H17ClN6O11S3.3Na/c1-2-37-21-25-19(22)24-20(26-21)23-13-9-11(41(31,32)33)7-10-8-14(40-39-38-30)17(18(29)16(10)13)28-27-12-5-3-4-6-15(12)42(34,35)36;;;/h3-9,29-30H,2H2,1H3,(H,31,32,33)(H,34,35,36)(H,23,24,25,26);;;/q;3*+1/p-3. The average Bonchev–Trinajstić information content (AvgIpc) is 2.90. The van der Waals surface area contributed by atoms with Crippen LogP contribution in [0.15, 0.2) is 67.4 Å². The van der Waals surface area contributed by atoms with Gasteiger partial charge in [-0.3, -0.25) is 5.04 Å². The third-order valence-electron chi connectivity index (χ3n) is 5.06. The van der Waals surface area contributed by atoms with Crippen LogP contribution in [0.5, 0.6) is 11.8 Å². The monoisotopic (exact) mass is 726 g/mol. The molecular weight excluding hydrogens is 713 g/mol. The second-order valence-electron chi connectivity index (χ2n) is 7.70. The molecule has 0 aliphatic carbocycles. The van der Waals surface area contributed by atoms with Crippen molar-refractivity contribution in [2.75, 3.05) is 11.9 Å². The van der Waals surface area contributed by atoms with Crippen LogP contribution in [0.2, 0.25) is 5.28 Å². The van der Waals surface area contributed by atoms with E-state index in [2.05, 4.69) is 39.9 Å². The van der Waals surface area contributed by atoms with E-state index >= 15 is 0 Å². The van der Waals surface area contributed by atoms with Crippen molar-refractivity contribution in [3.8, 4) is 11.8 Å². The molecule has 17 nitrogen and oxygen atoms in total. The maximum atomic E-state index is 11.9. The normalized spacial score (nSPS) is 11.4. The van der Waals surface area contributed by atoms with Crippen molar-refractivity contribution in [1.82, 2.24) is 15.0 Å². The molecule has 1 heterocycles. The van der Waals surface area contributed by atoms with Crippen molar-refractivity contribution < 1.29 is 139 Å². The smallest absolute Gasteiger partial charge is 0.744 e. The Balaban J connectivity index is 0.00000337. The SMILES string of the molecule is CCOc1nc(Cl)nc(Nc2cc(S(=O)(=O)[O-])cc3cc(SOO[O-])c(N=Nc4ccccc4S(=O)(=O)[O-])c(O)c23)n1.[Na+].[Na+].[Na+]. The molecule has 0 atom stereocenters. The summed E-state index contributed by atoms with van der Waals surface area (Å²) in [4.78, 5) is 9.95. The second-order valence-corrected chi connectivity index (χ2v) is 11.5. The maximum Gasteiger partial charge on any atom is 1.00 e. The Labute approximate surface area is 331 Å². The number of ether oxygens (including phenoxy) is 1. The summed E-state index contributed by atoms with van der Waals surface area (Å²) >= 11 is 6.13. The third-order valence-corrected chi connectivity index (χ3v) is 7.54. The minimum absolute atomic E-state index is 0. The van der Waals surface area contributed by atoms with Crippen LogP contribution in [-0.4, -0.2) is 52.6 Å². The van der Waals surface area contributed by atoms with Gasteiger partial charge in [-0.25, -0.2) is 16.8 Å². The van der Waals surface area contributed by atoms with E-state index in [1.165, 1.54) is 12.1 Å². The molecule has 0 amide bonds. The summed E-state index contributed by atoms with van der Waals surface area (Å²) in [6, 6.07) is 7.54. The Bertz CT molecular complexity index is 1930. The van der Waals surface area contributed by atoms with E-state index in [4.69, 9.17) is 16.3 Å². The fraction of sp³-hybridized carbons (Fsp3) is 0.0952. The number of hydrogen-bond donors (Lipinski definition) is 2. The first-order valence-electron chi connectivity index (χ1n) is 11.0. The number of azo groups is 1. The second kappa shape index (κ2) is 18.1. The van der Waals surface area contributed by atoms with Gasteiger partial charge in [-0.05, 0) is 54.2 Å². The van der Waals surface area contributed by atoms with Gasteiger partial charge in [-0.2, -0.15) is 19.3 Å². The van der Waals surface area contributed by atoms with Crippen molar-refractivity contribution in [2.24, 2.45) is 10.2 Å². The fourth-order valence-corrected chi connectivity index (χ4v) is 5.26. The van der Waals surface area contributed by atoms with Gasteiger partial charge in [0.2, 0.25) is 11.2 Å². The van der Waals surface area contributed by atoms with Gasteiger partial charge in [0.05, 0.1) is 39.0 Å². The number of aromatic nitrogens is 3. The van der Waals surface area contributed by atoms with E-state index in [-0.39, 0.29) is 146 Å².